The second-order valence-corrected chi connectivity index (χ2v) is 8.77. The molecule has 0 unspecified atom stereocenters. The lowest BCUT2D eigenvalue weighted by molar-refractivity contribution is 0.0602. The van der Waals surface area contributed by atoms with E-state index in [2.05, 4.69) is 23.3 Å². The number of benzene rings is 2. The van der Waals surface area contributed by atoms with Gasteiger partial charge < -0.3 is 24.7 Å². The van der Waals surface area contributed by atoms with Crippen molar-refractivity contribution in [2.45, 2.75) is 38.8 Å². The molecule has 2 N–H and O–H groups in total. The van der Waals surface area contributed by atoms with Crippen molar-refractivity contribution in [3.63, 3.8) is 0 Å². The molecule has 2 heterocycles. The fourth-order valence-corrected chi connectivity index (χ4v) is 4.42. The van der Waals surface area contributed by atoms with Crippen LogP contribution < -0.4 is 10.9 Å². The summed E-state index contributed by atoms with van der Waals surface area (Å²) in [5.74, 6) is -0.450. The minimum absolute atomic E-state index is 0.0295. The van der Waals surface area contributed by atoms with Crippen molar-refractivity contribution in [1.29, 1.82) is 0 Å². The first kappa shape index (κ1) is 23.9. The maximum absolute atomic E-state index is 12.9. The highest BCUT2D eigenvalue weighted by Crippen LogP contribution is 2.20. The van der Waals surface area contributed by atoms with Gasteiger partial charge in [-0.1, -0.05) is 25.1 Å². The maximum atomic E-state index is 12.9. The Morgan fingerprint density at radius 3 is 2.82 bits per heavy atom. The van der Waals surface area contributed by atoms with E-state index >= 15 is 0 Å². The van der Waals surface area contributed by atoms with Crippen molar-refractivity contribution in [3.05, 3.63) is 75.6 Å². The number of anilines is 1. The number of carbonyl (C=O) groups is 1. The Bertz CT molecular complexity index is 1250. The molecule has 0 spiro atoms. The van der Waals surface area contributed by atoms with E-state index in [1.165, 1.54) is 12.7 Å². The number of nitrogens with one attached hydrogen (secondary N) is 2. The van der Waals surface area contributed by atoms with Gasteiger partial charge in [-0.25, -0.2) is 4.79 Å². The molecule has 178 valence electrons. The summed E-state index contributed by atoms with van der Waals surface area (Å²) in [6, 6.07) is 15.0. The molecule has 1 fully saturated rings. The Hall–Kier alpha value is -3.23. The Morgan fingerprint density at radius 2 is 2.09 bits per heavy atom. The first-order valence-electron chi connectivity index (χ1n) is 11.5. The van der Waals surface area contributed by atoms with Crippen LogP contribution >= 0.6 is 12.2 Å². The number of fused-ring (bicyclic) bond motifs is 1. The lowest BCUT2D eigenvalue weighted by Gasteiger charge is -2.28. The number of hydrogen-bond donors (Lipinski definition) is 2. The second-order valence-electron chi connectivity index (χ2n) is 8.38. The monoisotopic (exact) mass is 479 g/mol. The number of esters is 1. The number of H-pyrrole nitrogens is 1. The zero-order valence-corrected chi connectivity index (χ0v) is 20.2. The van der Waals surface area contributed by atoms with E-state index in [0.29, 0.717) is 35.0 Å². The first-order chi connectivity index (χ1) is 16.5. The number of aryl methyl sites for hydroxylation is 1. The molecule has 0 aliphatic carbocycles. The third-order valence-corrected chi connectivity index (χ3v) is 6.42. The molecule has 1 saturated heterocycles. The summed E-state index contributed by atoms with van der Waals surface area (Å²) in [6.07, 6.45) is 2.89. The number of rotatable bonds is 7. The van der Waals surface area contributed by atoms with Gasteiger partial charge in [0.2, 0.25) is 0 Å². The van der Waals surface area contributed by atoms with E-state index in [0.717, 1.165) is 36.8 Å². The van der Waals surface area contributed by atoms with Crippen LogP contribution in [0.3, 0.4) is 0 Å². The van der Waals surface area contributed by atoms with Crippen molar-refractivity contribution in [1.82, 2.24) is 9.88 Å². The molecule has 2 aromatic carbocycles. The molecule has 34 heavy (non-hydrogen) atoms. The van der Waals surface area contributed by atoms with Gasteiger partial charge in [-0.05, 0) is 72.8 Å². The van der Waals surface area contributed by atoms with Gasteiger partial charge >= 0.3 is 5.97 Å². The molecule has 1 aliphatic heterocycles. The number of aromatic amines is 1. The fourth-order valence-electron chi connectivity index (χ4n) is 4.17. The van der Waals surface area contributed by atoms with E-state index in [-0.39, 0.29) is 11.7 Å². The molecule has 0 amide bonds. The molecule has 3 aromatic rings. The standard InChI is InChI=1S/C26H29N3O4S/c1-3-17-10-11-22-18(13-17)14-19(24(30)27-22)15-29(16-20-7-6-12-33-20)26(34)28-23-9-5-4-8-21(23)25(31)32-2/h4-5,8-11,13-14,20H,3,6-7,12,15-16H2,1-2H3,(H,27,30)(H,28,34)/t20-/m1/s1. The van der Waals surface area contributed by atoms with Crippen LogP contribution in [0.2, 0.25) is 0 Å². The van der Waals surface area contributed by atoms with Crippen LogP contribution in [0.25, 0.3) is 10.9 Å². The summed E-state index contributed by atoms with van der Waals surface area (Å²) in [5.41, 5.74) is 3.43. The van der Waals surface area contributed by atoms with E-state index in [1.54, 1.807) is 18.2 Å². The normalized spacial score (nSPS) is 15.3. The van der Waals surface area contributed by atoms with Gasteiger partial charge in [0.25, 0.3) is 5.56 Å². The van der Waals surface area contributed by atoms with E-state index < -0.39 is 5.97 Å². The third-order valence-electron chi connectivity index (χ3n) is 6.06. The topological polar surface area (TPSA) is 83.7 Å². The fraction of sp³-hybridized carbons (Fsp3) is 0.346. The summed E-state index contributed by atoms with van der Waals surface area (Å²) in [6.45, 7) is 3.68. The maximum Gasteiger partial charge on any atom is 0.339 e. The van der Waals surface area contributed by atoms with Crippen LogP contribution in [0.5, 0.6) is 0 Å². The second kappa shape index (κ2) is 10.8. The van der Waals surface area contributed by atoms with Gasteiger partial charge in [0, 0.05) is 24.2 Å². The zero-order valence-electron chi connectivity index (χ0n) is 19.4. The summed E-state index contributed by atoms with van der Waals surface area (Å²) < 4.78 is 10.7. The van der Waals surface area contributed by atoms with Crippen molar-refractivity contribution >= 4 is 39.9 Å². The third kappa shape index (κ3) is 5.46. The molecule has 0 bridgehead atoms. The van der Waals surface area contributed by atoms with Gasteiger partial charge in [0.15, 0.2) is 5.11 Å². The Balaban J connectivity index is 1.63. The lowest BCUT2D eigenvalue weighted by Crippen LogP contribution is -2.40. The van der Waals surface area contributed by atoms with E-state index in [9.17, 15) is 9.59 Å². The number of thiocarbonyl (C=S) groups is 1. The van der Waals surface area contributed by atoms with Crippen LogP contribution in [-0.2, 0) is 22.4 Å². The molecule has 4 rings (SSSR count). The van der Waals surface area contributed by atoms with E-state index in [4.69, 9.17) is 21.7 Å². The predicted molar refractivity (Wildman–Crippen MR) is 137 cm³/mol. The summed E-state index contributed by atoms with van der Waals surface area (Å²) >= 11 is 5.75. The van der Waals surface area contributed by atoms with Gasteiger partial charge in [-0.2, -0.15) is 0 Å². The molecular formula is C26H29N3O4S. The van der Waals surface area contributed by atoms with Crippen molar-refractivity contribution in [2.75, 3.05) is 25.6 Å². The zero-order chi connectivity index (χ0) is 24.1. The van der Waals surface area contributed by atoms with Crippen LogP contribution in [0.1, 0.15) is 41.3 Å². The van der Waals surface area contributed by atoms with Crippen molar-refractivity contribution in [2.24, 2.45) is 0 Å². The summed E-state index contributed by atoms with van der Waals surface area (Å²) in [4.78, 5) is 30.0. The van der Waals surface area contributed by atoms with Gasteiger partial charge in [-0.3, -0.25) is 4.79 Å². The van der Waals surface area contributed by atoms with Crippen molar-refractivity contribution in [3.8, 4) is 0 Å². The number of hydrogen-bond acceptors (Lipinski definition) is 5. The molecule has 1 aromatic heterocycles. The highest BCUT2D eigenvalue weighted by Gasteiger charge is 2.23. The first-order valence-corrected chi connectivity index (χ1v) is 11.9. The van der Waals surface area contributed by atoms with Crippen LogP contribution in [0, 0.1) is 0 Å². The lowest BCUT2D eigenvalue weighted by atomic mass is 10.1. The average Bonchev–Trinajstić information content (AvgIpc) is 3.36. The van der Waals surface area contributed by atoms with Crippen LogP contribution in [0.4, 0.5) is 5.69 Å². The predicted octanol–water partition coefficient (Wildman–Crippen LogP) is 4.26. The van der Waals surface area contributed by atoms with Gasteiger partial charge in [-0.15, -0.1) is 0 Å². The molecule has 8 heteroatoms. The molecule has 0 saturated carbocycles. The molecule has 7 nitrogen and oxygen atoms in total. The summed E-state index contributed by atoms with van der Waals surface area (Å²) in [7, 11) is 1.34. The van der Waals surface area contributed by atoms with Crippen molar-refractivity contribution < 1.29 is 14.3 Å². The van der Waals surface area contributed by atoms with E-state index in [1.807, 2.05) is 29.2 Å². The van der Waals surface area contributed by atoms with Crippen LogP contribution in [-0.4, -0.2) is 47.3 Å². The molecule has 1 aliphatic rings. The minimum Gasteiger partial charge on any atom is -0.465 e. The highest BCUT2D eigenvalue weighted by atomic mass is 32.1. The van der Waals surface area contributed by atoms with Gasteiger partial charge in [0.1, 0.15) is 0 Å². The number of para-hydroxylation sites is 1. The number of methoxy groups -OCH3 is 1. The Labute approximate surface area is 204 Å². The molecule has 0 radical (unpaired) electrons. The average molecular weight is 480 g/mol. The molecule has 1 atom stereocenters. The minimum atomic E-state index is -0.450. The highest BCUT2D eigenvalue weighted by molar-refractivity contribution is 7.80. The Kier molecular flexibility index (Phi) is 7.59. The molecular weight excluding hydrogens is 450 g/mol. The number of carbonyl (C=O) groups excluding carboxylic acids is 1. The number of pyridine rings is 1. The SMILES string of the molecule is CCc1ccc2[nH]c(=O)c(CN(C[C@H]3CCCO3)C(=S)Nc3ccccc3C(=O)OC)cc2c1. The van der Waals surface area contributed by atoms with Crippen LogP contribution in [0.15, 0.2) is 53.3 Å². The number of nitrogens with zero attached hydrogens (tertiary/aromatic N) is 1. The van der Waals surface area contributed by atoms with Gasteiger partial charge in [0.05, 0.1) is 31.0 Å². The smallest absolute Gasteiger partial charge is 0.339 e. The number of aromatic nitrogens is 1. The number of ether oxygens (including phenoxy) is 2. The quantitative estimate of drug-likeness (QED) is 0.387. The largest absolute Gasteiger partial charge is 0.465 e. The Morgan fingerprint density at radius 1 is 1.26 bits per heavy atom. The summed E-state index contributed by atoms with van der Waals surface area (Å²) in [5, 5.41) is 4.58.